The average Bonchev–Trinajstić information content (AvgIpc) is 2.41. The van der Waals surface area contributed by atoms with Gasteiger partial charge >= 0.3 is 0 Å². The van der Waals surface area contributed by atoms with Crippen LogP contribution in [-0.2, 0) is 6.42 Å². The number of benzene rings is 2. The van der Waals surface area contributed by atoms with E-state index in [1.165, 1.54) is 0 Å². The fraction of sp³-hybridized carbons (Fsp3) is 0.188. The van der Waals surface area contributed by atoms with Gasteiger partial charge in [0, 0.05) is 21.5 Å². The Balaban J connectivity index is 1.99. The maximum atomic E-state index is 12.6. The second-order valence-electron chi connectivity index (χ2n) is 4.81. The summed E-state index contributed by atoms with van der Waals surface area (Å²) in [4.78, 5) is 12.6. The number of carbonyl (C=O) groups is 1. The second-order valence-corrected chi connectivity index (χ2v) is 5.68. The summed E-state index contributed by atoms with van der Waals surface area (Å²) in [6.45, 7) is 0. The summed E-state index contributed by atoms with van der Waals surface area (Å²) in [6, 6.07) is 13.1. The van der Waals surface area contributed by atoms with Crippen LogP contribution in [-0.4, -0.2) is 5.78 Å². The minimum atomic E-state index is -0.0803. The van der Waals surface area contributed by atoms with Crippen molar-refractivity contribution in [2.75, 3.05) is 0 Å². The van der Waals surface area contributed by atoms with E-state index in [1.54, 1.807) is 6.07 Å². The molecule has 0 aliphatic heterocycles. The van der Waals surface area contributed by atoms with Crippen LogP contribution in [0, 0.1) is 0 Å². The quantitative estimate of drug-likeness (QED) is 0.730. The first-order valence-corrected chi connectivity index (χ1v) is 6.99. The zero-order valence-corrected chi connectivity index (χ0v) is 11.7. The predicted molar refractivity (Wildman–Crippen MR) is 78.3 cm³/mol. The summed E-state index contributed by atoms with van der Waals surface area (Å²) in [5.41, 5.74) is 2.89. The number of halogens is 2. The molecular formula is C16H12Cl2O. The zero-order chi connectivity index (χ0) is 13.4. The molecule has 3 heteroatoms. The lowest BCUT2D eigenvalue weighted by Crippen LogP contribution is -2.20. The highest BCUT2D eigenvalue weighted by atomic mass is 35.5. The summed E-state index contributed by atoms with van der Waals surface area (Å²) in [5.74, 6) is 0.0781. The molecule has 3 rings (SSSR count). The minimum Gasteiger partial charge on any atom is -0.293 e. The molecule has 2 aromatic rings. The highest BCUT2D eigenvalue weighted by molar-refractivity contribution is 6.31. The Morgan fingerprint density at radius 1 is 0.947 bits per heavy atom. The monoisotopic (exact) mass is 290 g/mol. The first-order valence-electron chi connectivity index (χ1n) is 6.23. The van der Waals surface area contributed by atoms with Crippen molar-refractivity contribution in [2.45, 2.75) is 18.8 Å². The van der Waals surface area contributed by atoms with Gasteiger partial charge in [-0.05, 0) is 48.2 Å². The van der Waals surface area contributed by atoms with E-state index >= 15 is 0 Å². The molecule has 0 bridgehead atoms. The van der Waals surface area contributed by atoms with Crippen molar-refractivity contribution in [1.82, 2.24) is 0 Å². The van der Waals surface area contributed by atoms with Crippen LogP contribution >= 0.6 is 23.2 Å². The van der Waals surface area contributed by atoms with Crippen molar-refractivity contribution in [1.29, 1.82) is 0 Å². The van der Waals surface area contributed by atoms with Gasteiger partial charge in [-0.3, -0.25) is 4.79 Å². The van der Waals surface area contributed by atoms with Gasteiger partial charge in [-0.15, -0.1) is 0 Å². The van der Waals surface area contributed by atoms with Crippen molar-refractivity contribution in [2.24, 2.45) is 0 Å². The smallest absolute Gasteiger partial charge is 0.170 e. The largest absolute Gasteiger partial charge is 0.293 e. The number of ketones is 1. The number of hydrogen-bond acceptors (Lipinski definition) is 1. The molecule has 0 radical (unpaired) electrons. The Hall–Kier alpha value is -1.31. The van der Waals surface area contributed by atoms with Crippen molar-refractivity contribution in [3.05, 3.63) is 69.2 Å². The molecule has 1 nitrogen and oxygen atoms in total. The Morgan fingerprint density at radius 3 is 2.37 bits per heavy atom. The van der Waals surface area contributed by atoms with Crippen LogP contribution in [0.25, 0.3) is 0 Å². The molecule has 0 unspecified atom stereocenters. The molecule has 96 valence electrons. The molecule has 1 aliphatic rings. The highest BCUT2D eigenvalue weighted by Crippen LogP contribution is 2.34. The van der Waals surface area contributed by atoms with Gasteiger partial charge < -0.3 is 0 Å². The second kappa shape index (κ2) is 4.99. The average molecular weight is 291 g/mol. The standard InChI is InChI=1S/C16H12Cl2O/c17-12-5-1-10(2-6-12)14-8-4-11-3-7-13(18)9-15(11)16(14)19/h1-3,5-7,9,14H,4,8H2/t14-/m0/s1. The first-order chi connectivity index (χ1) is 9.15. The number of Topliss-reactive ketones (excluding diaryl/α,β-unsaturated/α-hetero) is 1. The SMILES string of the molecule is O=C1c2cc(Cl)ccc2CC[C@H]1c1ccc(Cl)cc1. The topological polar surface area (TPSA) is 17.1 Å². The van der Waals surface area contributed by atoms with Gasteiger partial charge in [0.1, 0.15) is 0 Å². The molecule has 0 fully saturated rings. The van der Waals surface area contributed by atoms with Gasteiger partial charge in [0.05, 0.1) is 0 Å². The van der Waals surface area contributed by atoms with Gasteiger partial charge in [-0.1, -0.05) is 41.4 Å². The molecule has 1 aliphatic carbocycles. The molecule has 0 heterocycles. The first kappa shape index (κ1) is 12.7. The van der Waals surface area contributed by atoms with Crippen molar-refractivity contribution >= 4 is 29.0 Å². The summed E-state index contributed by atoms with van der Waals surface area (Å²) in [5, 5.41) is 1.30. The molecule has 19 heavy (non-hydrogen) atoms. The Bertz CT molecular complexity index is 632. The third kappa shape index (κ3) is 2.41. The number of aryl methyl sites for hydroxylation is 1. The van der Waals surface area contributed by atoms with Gasteiger partial charge in [0.2, 0.25) is 0 Å². The van der Waals surface area contributed by atoms with E-state index in [0.29, 0.717) is 10.0 Å². The Kier molecular flexibility index (Phi) is 3.34. The van der Waals surface area contributed by atoms with Crippen LogP contribution in [0.3, 0.4) is 0 Å². The van der Waals surface area contributed by atoms with E-state index in [-0.39, 0.29) is 11.7 Å². The predicted octanol–water partition coefficient (Wildman–Crippen LogP) is 4.91. The number of rotatable bonds is 1. The van der Waals surface area contributed by atoms with Crippen LogP contribution in [0.15, 0.2) is 42.5 Å². The van der Waals surface area contributed by atoms with Gasteiger partial charge in [0.15, 0.2) is 5.78 Å². The van der Waals surface area contributed by atoms with E-state index in [9.17, 15) is 4.79 Å². The van der Waals surface area contributed by atoms with Crippen LogP contribution in [0.5, 0.6) is 0 Å². The van der Waals surface area contributed by atoms with Gasteiger partial charge in [-0.2, -0.15) is 0 Å². The fourth-order valence-electron chi connectivity index (χ4n) is 2.63. The molecule has 0 saturated heterocycles. The fourth-order valence-corrected chi connectivity index (χ4v) is 2.93. The van der Waals surface area contributed by atoms with E-state index < -0.39 is 0 Å². The van der Waals surface area contributed by atoms with Crippen LogP contribution < -0.4 is 0 Å². The number of carbonyl (C=O) groups excluding carboxylic acids is 1. The summed E-state index contributed by atoms with van der Waals surface area (Å²) >= 11 is 11.9. The van der Waals surface area contributed by atoms with E-state index in [1.807, 2.05) is 36.4 Å². The highest BCUT2D eigenvalue weighted by Gasteiger charge is 2.28. The van der Waals surface area contributed by atoms with Gasteiger partial charge in [-0.25, -0.2) is 0 Å². The number of fused-ring (bicyclic) bond motifs is 1. The van der Waals surface area contributed by atoms with E-state index in [2.05, 4.69) is 0 Å². The minimum absolute atomic E-state index is 0.0803. The van der Waals surface area contributed by atoms with Gasteiger partial charge in [0.25, 0.3) is 0 Å². The lowest BCUT2D eigenvalue weighted by Gasteiger charge is -2.23. The molecule has 0 spiro atoms. The molecule has 0 N–H and O–H groups in total. The van der Waals surface area contributed by atoms with Crippen LogP contribution in [0.4, 0.5) is 0 Å². The Morgan fingerprint density at radius 2 is 1.63 bits per heavy atom. The van der Waals surface area contributed by atoms with E-state index in [0.717, 1.165) is 29.5 Å². The molecule has 0 amide bonds. The summed E-state index contributed by atoms with van der Waals surface area (Å²) in [7, 11) is 0. The Labute approximate surface area is 122 Å². The molecular weight excluding hydrogens is 279 g/mol. The molecule has 0 saturated carbocycles. The number of hydrogen-bond donors (Lipinski definition) is 0. The maximum Gasteiger partial charge on any atom is 0.170 e. The normalized spacial score (nSPS) is 18.2. The third-order valence-electron chi connectivity index (χ3n) is 3.63. The summed E-state index contributed by atoms with van der Waals surface area (Å²) in [6.07, 6.45) is 1.75. The van der Waals surface area contributed by atoms with Crippen LogP contribution in [0.2, 0.25) is 10.0 Å². The molecule has 2 aromatic carbocycles. The third-order valence-corrected chi connectivity index (χ3v) is 4.12. The van der Waals surface area contributed by atoms with E-state index in [4.69, 9.17) is 23.2 Å². The molecule has 0 aromatic heterocycles. The van der Waals surface area contributed by atoms with Crippen molar-refractivity contribution in [3.8, 4) is 0 Å². The lowest BCUT2D eigenvalue weighted by atomic mass is 9.79. The van der Waals surface area contributed by atoms with Crippen LogP contribution in [0.1, 0.15) is 33.8 Å². The zero-order valence-electron chi connectivity index (χ0n) is 10.2. The summed E-state index contributed by atoms with van der Waals surface area (Å²) < 4.78 is 0. The maximum absolute atomic E-state index is 12.6. The lowest BCUT2D eigenvalue weighted by molar-refractivity contribution is 0.0946. The van der Waals surface area contributed by atoms with Crippen molar-refractivity contribution in [3.63, 3.8) is 0 Å². The molecule has 1 atom stereocenters. The van der Waals surface area contributed by atoms with Crippen molar-refractivity contribution < 1.29 is 4.79 Å².